The van der Waals surface area contributed by atoms with Crippen LogP contribution in [0, 0.1) is 5.92 Å². The summed E-state index contributed by atoms with van der Waals surface area (Å²) in [5.74, 6) is 1.13. The molecule has 0 radical (unpaired) electrons. The molecule has 0 unspecified atom stereocenters. The zero-order chi connectivity index (χ0) is 17.8. The van der Waals surface area contributed by atoms with Gasteiger partial charge in [0.2, 0.25) is 11.8 Å². The Kier molecular flexibility index (Phi) is 5.07. The Hall–Kier alpha value is -2.76. The highest BCUT2D eigenvalue weighted by molar-refractivity contribution is 5.84. The van der Waals surface area contributed by atoms with Gasteiger partial charge in [-0.3, -0.25) is 9.59 Å². The second-order valence-electron chi connectivity index (χ2n) is 6.16. The number of carbonyl (C=O) groups excluding carboxylic acids is 2. The summed E-state index contributed by atoms with van der Waals surface area (Å²) in [4.78, 5) is 26.6. The fourth-order valence-electron chi connectivity index (χ4n) is 3.29. The van der Waals surface area contributed by atoms with Crippen molar-refractivity contribution < 1.29 is 18.7 Å². The van der Waals surface area contributed by atoms with Crippen LogP contribution in [0.15, 0.2) is 47.1 Å². The number of methoxy groups -OCH3 is 1. The fraction of sp³-hybridized carbons (Fsp3) is 0.368. The summed E-state index contributed by atoms with van der Waals surface area (Å²) in [5.41, 5.74) is 0.925. The van der Waals surface area contributed by atoms with Crippen molar-refractivity contribution in [2.75, 3.05) is 14.2 Å². The number of carbonyl (C=O) groups is 2. The average Bonchev–Trinajstić information content (AvgIpc) is 3.15. The number of nitrogens with one attached hydrogen (secondary N) is 1. The summed E-state index contributed by atoms with van der Waals surface area (Å²) in [5, 5.41) is 2.92. The summed E-state index contributed by atoms with van der Waals surface area (Å²) >= 11 is 0. The van der Waals surface area contributed by atoms with E-state index in [0.717, 1.165) is 11.3 Å². The molecule has 1 aromatic carbocycles. The van der Waals surface area contributed by atoms with Gasteiger partial charge in [0, 0.05) is 13.5 Å². The van der Waals surface area contributed by atoms with Crippen molar-refractivity contribution in [1.82, 2.24) is 10.2 Å². The number of piperidine rings is 1. The zero-order valence-electron chi connectivity index (χ0n) is 14.4. The van der Waals surface area contributed by atoms with E-state index < -0.39 is 0 Å². The molecule has 0 saturated carbocycles. The number of benzene rings is 1. The molecule has 1 aliphatic rings. The Morgan fingerprint density at radius 3 is 2.72 bits per heavy atom. The van der Waals surface area contributed by atoms with Crippen LogP contribution in [0.1, 0.15) is 30.2 Å². The Morgan fingerprint density at radius 2 is 2.08 bits per heavy atom. The van der Waals surface area contributed by atoms with Crippen molar-refractivity contribution in [3.63, 3.8) is 0 Å². The maximum Gasteiger partial charge on any atom is 0.225 e. The molecular formula is C19H22N2O4. The lowest BCUT2D eigenvalue weighted by molar-refractivity contribution is -0.141. The standard InChI is InChI=1S/C19H22N2O4/c1-21-17(22)10-9-16(19(23)20-12-15-4-3-11-25-15)18(21)13-5-7-14(24-2)8-6-13/h3-8,11,16,18H,9-10,12H2,1-2H3,(H,20,23)/t16-,18+/m0/s1. The zero-order valence-corrected chi connectivity index (χ0v) is 14.4. The molecule has 1 saturated heterocycles. The molecule has 2 aromatic rings. The molecule has 132 valence electrons. The number of hydrogen-bond donors (Lipinski definition) is 1. The van der Waals surface area contributed by atoms with Gasteiger partial charge in [-0.15, -0.1) is 0 Å². The van der Waals surface area contributed by atoms with Gasteiger partial charge < -0.3 is 19.4 Å². The van der Waals surface area contributed by atoms with Crippen molar-refractivity contribution in [3.8, 4) is 5.75 Å². The highest BCUT2D eigenvalue weighted by Gasteiger charge is 2.38. The highest BCUT2D eigenvalue weighted by atomic mass is 16.5. The first-order valence-corrected chi connectivity index (χ1v) is 8.30. The minimum atomic E-state index is -0.300. The number of ether oxygens (including phenoxy) is 1. The predicted molar refractivity (Wildman–Crippen MR) is 91.8 cm³/mol. The van der Waals surface area contributed by atoms with Gasteiger partial charge >= 0.3 is 0 Å². The largest absolute Gasteiger partial charge is 0.497 e. The molecule has 2 heterocycles. The normalized spacial score (nSPS) is 20.4. The van der Waals surface area contributed by atoms with E-state index in [1.165, 1.54) is 0 Å². The molecule has 1 N–H and O–H groups in total. The molecule has 0 bridgehead atoms. The van der Waals surface area contributed by atoms with Crippen LogP contribution in [0.25, 0.3) is 0 Å². The number of furan rings is 1. The highest BCUT2D eigenvalue weighted by Crippen LogP contribution is 2.36. The van der Waals surface area contributed by atoms with Crippen LogP contribution in [-0.2, 0) is 16.1 Å². The SMILES string of the molecule is COc1ccc([C@@H]2[C@@H](C(=O)NCc3ccco3)CCC(=O)N2C)cc1. The molecular weight excluding hydrogens is 320 g/mol. The van der Waals surface area contributed by atoms with Crippen molar-refractivity contribution in [2.24, 2.45) is 5.92 Å². The van der Waals surface area contributed by atoms with Gasteiger partial charge in [-0.25, -0.2) is 0 Å². The van der Waals surface area contributed by atoms with Gasteiger partial charge in [-0.05, 0) is 36.2 Å². The third kappa shape index (κ3) is 3.68. The smallest absolute Gasteiger partial charge is 0.225 e. The number of rotatable bonds is 5. The van der Waals surface area contributed by atoms with Crippen molar-refractivity contribution >= 4 is 11.8 Å². The number of nitrogens with zero attached hydrogens (tertiary/aromatic N) is 1. The Labute approximate surface area is 146 Å². The van der Waals surface area contributed by atoms with E-state index in [9.17, 15) is 9.59 Å². The first-order chi connectivity index (χ1) is 12.1. The number of hydrogen-bond acceptors (Lipinski definition) is 4. The molecule has 0 aliphatic carbocycles. The summed E-state index contributed by atoms with van der Waals surface area (Å²) in [7, 11) is 3.36. The van der Waals surface area contributed by atoms with E-state index in [-0.39, 0.29) is 23.8 Å². The van der Waals surface area contributed by atoms with Gasteiger partial charge in [0.15, 0.2) is 0 Å². The summed E-state index contributed by atoms with van der Waals surface area (Å²) < 4.78 is 10.4. The lowest BCUT2D eigenvalue weighted by Crippen LogP contribution is -2.46. The number of likely N-dealkylation sites (tertiary alicyclic amines) is 1. The fourth-order valence-corrected chi connectivity index (χ4v) is 3.29. The lowest BCUT2D eigenvalue weighted by Gasteiger charge is -2.38. The van der Waals surface area contributed by atoms with Crippen LogP contribution in [-0.4, -0.2) is 30.9 Å². The number of amides is 2. The third-order valence-corrected chi connectivity index (χ3v) is 4.67. The predicted octanol–water partition coefficient (Wildman–Crippen LogP) is 2.51. The average molecular weight is 342 g/mol. The Morgan fingerprint density at radius 1 is 1.32 bits per heavy atom. The molecule has 6 heteroatoms. The summed E-state index contributed by atoms with van der Waals surface area (Å²) in [6, 6.07) is 10.8. The first-order valence-electron chi connectivity index (χ1n) is 8.30. The van der Waals surface area contributed by atoms with Gasteiger partial charge in [0.1, 0.15) is 11.5 Å². The van der Waals surface area contributed by atoms with E-state index in [4.69, 9.17) is 9.15 Å². The molecule has 2 amide bonds. The van der Waals surface area contributed by atoms with E-state index in [1.807, 2.05) is 30.3 Å². The quantitative estimate of drug-likeness (QED) is 0.906. The lowest BCUT2D eigenvalue weighted by atomic mass is 9.84. The van der Waals surface area contributed by atoms with E-state index in [0.29, 0.717) is 25.1 Å². The van der Waals surface area contributed by atoms with Gasteiger partial charge in [-0.1, -0.05) is 12.1 Å². The molecule has 6 nitrogen and oxygen atoms in total. The van der Waals surface area contributed by atoms with Gasteiger partial charge in [0.05, 0.1) is 31.9 Å². The van der Waals surface area contributed by atoms with Crippen LogP contribution >= 0.6 is 0 Å². The molecule has 2 atom stereocenters. The molecule has 25 heavy (non-hydrogen) atoms. The van der Waals surface area contributed by atoms with Crippen LogP contribution in [0.5, 0.6) is 5.75 Å². The maximum absolute atomic E-state index is 12.7. The maximum atomic E-state index is 12.7. The Bertz CT molecular complexity index is 724. The van der Waals surface area contributed by atoms with Crippen molar-refractivity contribution in [2.45, 2.75) is 25.4 Å². The third-order valence-electron chi connectivity index (χ3n) is 4.67. The van der Waals surface area contributed by atoms with E-state index >= 15 is 0 Å². The van der Waals surface area contributed by atoms with Crippen LogP contribution < -0.4 is 10.1 Å². The van der Waals surface area contributed by atoms with Crippen LogP contribution in [0.2, 0.25) is 0 Å². The topological polar surface area (TPSA) is 71.8 Å². The second-order valence-corrected chi connectivity index (χ2v) is 6.16. The molecule has 3 rings (SSSR count). The molecule has 0 spiro atoms. The summed E-state index contributed by atoms with van der Waals surface area (Å²) in [6.07, 6.45) is 2.49. The second kappa shape index (κ2) is 7.42. The van der Waals surface area contributed by atoms with E-state index in [1.54, 1.807) is 31.4 Å². The molecule has 1 aromatic heterocycles. The van der Waals surface area contributed by atoms with E-state index in [2.05, 4.69) is 5.32 Å². The van der Waals surface area contributed by atoms with Gasteiger partial charge in [-0.2, -0.15) is 0 Å². The van der Waals surface area contributed by atoms with Gasteiger partial charge in [0.25, 0.3) is 0 Å². The van der Waals surface area contributed by atoms with Crippen molar-refractivity contribution in [1.29, 1.82) is 0 Å². The first kappa shape index (κ1) is 17.1. The minimum Gasteiger partial charge on any atom is -0.497 e. The van der Waals surface area contributed by atoms with Crippen LogP contribution in [0.3, 0.4) is 0 Å². The monoisotopic (exact) mass is 342 g/mol. The summed E-state index contributed by atoms with van der Waals surface area (Å²) in [6.45, 7) is 0.343. The Balaban J connectivity index is 1.79. The van der Waals surface area contributed by atoms with Crippen LogP contribution in [0.4, 0.5) is 0 Å². The van der Waals surface area contributed by atoms with Crippen molar-refractivity contribution in [3.05, 3.63) is 54.0 Å². The molecule has 1 fully saturated rings. The molecule has 1 aliphatic heterocycles. The minimum absolute atomic E-state index is 0.0518.